The van der Waals surface area contributed by atoms with Crippen molar-refractivity contribution in [1.82, 2.24) is 4.72 Å². The van der Waals surface area contributed by atoms with Gasteiger partial charge in [0.2, 0.25) is 15.9 Å². The van der Waals surface area contributed by atoms with E-state index in [4.69, 9.17) is 0 Å². The van der Waals surface area contributed by atoms with Gasteiger partial charge in [-0.3, -0.25) is 4.79 Å². The Bertz CT molecular complexity index is 682. The summed E-state index contributed by atoms with van der Waals surface area (Å²) >= 11 is 1.16. The fourth-order valence-electron chi connectivity index (χ4n) is 1.86. The first-order valence-electron chi connectivity index (χ1n) is 6.37. The Morgan fingerprint density at radius 1 is 1.19 bits per heavy atom. The minimum atomic E-state index is -3.49. The monoisotopic (exact) mass is 324 g/mol. The molecule has 0 radical (unpaired) electrons. The van der Waals surface area contributed by atoms with Gasteiger partial charge >= 0.3 is 0 Å². The second kappa shape index (κ2) is 6.84. The summed E-state index contributed by atoms with van der Waals surface area (Å²) in [4.78, 5) is 13.2. The van der Waals surface area contributed by atoms with Gasteiger partial charge in [-0.1, -0.05) is 24.3 Å². The summed E-state index contributed by atoms with van der Waals surface area (Å²) in [6, 6.07) is 12.4. The van der Waals surface area contributed by atoms with E-state index < -0.39 is 10.0 Å². The van der Waals surface area contributed by atoms with Crippen LogP contribution in [0.2, 0.25) is 0 Å². The summed E-state index contributed by atoms with van der Waals surface area (Å²) in [5, 5.41) is 1.71. The van der Waals surface area contributed by atoms with Crippen LogP contribution in [0.1, 0.15) is 6.92 Å². The fourth-order valence-corrected chi connectivity index (χ4v) is 3.91. The number of para-hydroxylation sites is 1. The number of nitrogens with one attached hydrogen (secondary N) is 1. The smallest absolute Gasteiger partial charge is 0.250 e. The summed E-state index contributed by atoms with van der Waals surface area (Å²) in [6.45, 7) is 1.90. The Kier molecular flexibility index (Phi) is 5.11. The molecule has 1 aromatic carbocycles. The second-order valence-electron chi connectivity index (χ2n) is 4.34. The standard InChI is InChI=1S/C14H16N2O3S2/c1-12(17)16(13-6-3-2-4-7-13)10-9-15-21(18,19)14-8-5-11-20-14/h2-8,11,15H,9-10H2,1H3. The van der Waals surface area contributed by atoms with E-state index in [0.717, 1.165) is 17.0 Å². The maximum atomic E-state index is 12.0. The lowest BCUT2D eigenvalue weighted by Crippen LogP contribution is -2.37. The molecular formula is C14H16N2O3S2. The van der Waals surface area contributed by atoms with E-state index in [1.165, 1.54) is 11.8 Å². The Hall–Kier alpha value is -1.70. The van der Waals surface area contributed by atoms with Gasteiger partial charge in [0.05, 0.1) is 0 Å². The first-order valence-corrected chi connectivity index (χ1v) is 8.73. The SMILES string of the molecule is CC(=O)N(CCNS(=O)(=O)c1cccs1)c1ccccc1. The van der Waals surface area contributed by atoms with Crippen molar-refractivity contribution in [2.24, 2.45) is 0 Å². The van der Waals surface area contributed by atoms with Gasteiger partial charge in [0.25, 0.3) is 0 Å². The number of nitrogens with zero attached hydrogens (tertiary/aromatic N) is 1. The molecule has 0 bridgehead atoms. The number of rotatable bonds is 6. The number of amides is 1. The van der Waals surface area contributed by atoms with Crippen molar-refractivity contribution >= 4 is 33.0 Å². The van der Waals surface area contributed by atoms with Gasteiger partial charge in [-0.2, -0.15) is 0 Å². The largest absolute Gasteiger partial charge is 0.311 e. The molecule has 7 heteroatoms. The molecule has 112 valence electrons. The number of carbonyl (C=O) groups excluding carboxylic acids is 1. The topological polar surface area (TPSA) is 66.5 Å². The molecule has 21 heavy (non-hydrogen) atoms. The molecule has 0 aliphatic carbocycles. The molecule has 0 aliphatic heterocycles. The summed E-state index contributed by atoms with van der Waals surface area (Å²) < 4.78 is 26.7. The van der Waals surface area contributed by atoms with Gasteiger partial charge in [-0.15, -0.1) is 11.3 Å². The zero-order valence-electron chi connectivity index (χ0n) is 11.5. The molecule has 1 aromatic heterocycles. The molecule has 1 heterocycles. The Morgan fingerprint density at radius 3 is 2.48 bits per heavy atom. The number of carbonyl (C=O) groups is 1. The average Bonchev–Trinajstić information content (AvgIpc) is 2.99. The maximum absolute atomic E-state index is 12.0. The van der Waals surface area contributed by atoms with Crippen LogP contribution in [-0.4, -0.2) is 27.4 Å². The van der Waals surface area contributed by atoms with E-state index in [1.54, 1.807) is 17.5 Å². The van der Waals surface area contributed by atoms with E-state index in [1.807, 2.05) is 30.3 Å². The number of thiophene rings is 1. The predicted octanol–water partition coefficient (Wildman–Crippen LogP) is 2.08. The van der Waals surface area contributed by atoms with Crippen molar-refractivity contribution < 1.29 is 13.2 Å². The predicted molar refractivity (Wildman–Crippen MR) is 84.0 cm³/mol. The summed E-state index contributed by atoms with van der Waals surface area (Å²) in [5.41, 5.74) is 0.750. The van der Waals surface area contributed by atoms with Gasteiger partial charge in [-0.25, -0.2) is 13.1 Å². The molecule has 1 N–H and O–H groups in total. The van der Waals surface area contributed by atoms with Crippen molar-refractivity contribution in [3.8, 4) is 0 Å². The van der Waals surface area contributed by atoms with Crippen LogP contribution in [-0.2, 0) is 14.8 Å². The fraction of sp³-hybridized carbons (Fsp3) is 0.214. The molecule has 5 nitrogen and oxygen atoms in total. The molecule has 2 rings (SSSR count). The maximum Gasteiger partial charge on any atom is 0.250 e. The number of sulfonamides is 1. The van der Waals surface area contributed by atoms with E-state index in [9.17, 15) is 13.2 Å². The molecular weight excluding hydrogens is 308 g/mol. The van der Waals surface area contributed by atoms with Crippen LogP contribution in [0.3, 0.4) is 0 Å². The number of hydrogen-bond acceptors (Lipinski definition) is 4. The highest BCUT2D eigenvalue weighted by molar-refractivity contribution is 7.91. The van der Waals surface area contributed by atoms with Gasteiger partial charge in [0, 0.05) is 25.7 Å². The zero-order chi connectivity index (χ0) is 15.3. The Morgan fingerprint density at radius 2 is 1.90 bits per heavy atom. The highest BCUT2D eigenvalue weighted by atomic mass is 32.2. The molecule has 0 atom stereocenters. The first kappa shape index (κ1) is 15.7. The summed E-state index contributed by atoms with van der Waals surface area (Å²) in [6.07, 6.45) is 0. The third-order valence-corrected chi connectivity index (χ3v) is 5.69. The van der Waals surface area contributed by atoms with E-state index in [2.05, 4.69) is 4.72 Å². The number of anilines is 1. The van der Waals surface area contributed by atoms with Gasteiger partial charge in [0.1, 0.15) is 4.21 Å². The second-order valence-corrected chi connectivity index (χ2v) is 7.28. The van der Waals surface area contributed by atoms with Crippen molar-refractivity contribution in [1.29, 1.82) is 0 Å². The molecule has 0 saturated heterocycles. The molecule has 0 fully saturated rings. The molecule has 0 saturated carbocycles. The lowest BCUT2D eigenvalue weighted by Gasteiger charge is -2.21. The van der Waals surface area contributed by atoms with Gasteiger partial charge in [0.15, 0.2) is 0 Å². The molecule has 2 aromatic rings. The molecule has 1 amide bonds. The van der Waals surface area contributed by atoms with E-state index in [-0.39, 0.29) is 23.2 Å². The lowest BCUT2D eigenvalue weighted by molar-refractivity contribution is -0.116. The van der Waals surface area contributed by atoms with Crippen LogP contribution in [0, 0.1) is 0 Å². The van der Waals surface area contributed by atoms with E-state index >= 15 is 0 Å². The zero-order valence-corrected chi connectivity index (χ0v) is 13.2. The first-order chi connectivity index (χ1) is 10.0. The Balaban J connectivity index is 1.99. The third kappa shape index (κ3) is 4.13. The molecule has 0 unspecified atom stereocenters. The Labute approximate surface area is 128 Å². The number of benzene rings is 1. The van der Waals surface area contributed by atoms with Crippen LogP contribution in [0.25, 0.3) is 0 Å². The normalized spacial score (nSPS) is 11.3. The molecule has 0 spiro atoms. The van der Waals surface area contributed by atoms with Crippen LogP contribution < -0.4 is 9.62 Å². The van der Waals surface area contributed by atoms with Crippen LogP contribution >= 0.6 is 11.3 Å². The lowest BCUT2D eigenvalue weighted by atomic mass is 10.3. The average molecular weight is 324 g/mol. The van der Waals surface area contributed by atoms with Crippen LogP contribution in [0.4, 0.5) is 5.69 Å². The van der Waals surface area contributed by atoms with Crippen molar-refractivity contribution in [2.45, 2.75) is 11.1 Å². The summed E-state index contributed by atoms with van der Waals surface area (Å²) in [5.74, 6) is -0.128. The molecule has 0 aliphatic rings. The van der Waals surface area contributed by atoms with Crippen LogP contribution in [0.5, 0.6) is 0 Å². The van der Waals surface area contributed by atoms with Crippen molar-refractivity contribution in [3.05, 3.63) is 47.8 Å². The van der Waals surface area contributed by atoms with Crippen molar-refractivity contribution in [2.75, 3.05) is 18.0 Å². The highest BCUT2D eigenvalue weighted by Crippen LogP contribution is 2.16. The van der Waals surface area contributed by atoms with Gasteiger partial charge < -0.3 is 4.90 Å². The van der Waals surface area contributed by atoms with Crippen LogP contribution in [0.15, 0.2) is 52.1 Å². The summed E-state index contributed by atoms with van der Waals surface area (Å²) in [7, 11) is -3.49. The van der Waals surface area contributed by atoms with Crippen molar-refractivity contribution in [3.63, 3.8) is 0 Å². The minimum absolute atomic E-state index is 0.128. The van der Waals surface area contributed by atoms with E-state index in [0.29, 0.717) is 0 Å². The quantitative estimate of drug-likeness (QED) is 0.884. The minimum Gasteiger partial charge on any atom is -0.311 e. The third-order valence-electron chi connectivity index (χ3n) is 2.84. The number of hydrogen-bond donors (Lipinski definition) is 1. The highest BCUT2D eigenvalue weighted by Gasteiger charge is 2.16. The van der Waals surface area contributed by atoms with Gasteiger partial charge in [-0.05, 0) is 23.6 Å².